The van der Waals surface area contributed by atoms with E-state index in [0.717, 1.165) is 31.1 Å². The molecule has 0 bridgehead atoms. The van der Waals surface area contributed by atoms with Crippen LogP contribution in [-0.2, 0) is 0 Å². The van der Waals surface area contributed by atoms with E-state index in [9.17, 15) is 0 Å². The van der Waals surface area contributed by atoms with E-state index < -0.39 is 0 Å². The summed E-state index contributed by atoms with van der Waals surface area (Å²) in [6.45, 7) is 17.1. The molecule has 0 fully saturated rings. The maximum atomic E-state index is 4.10. The van der Waals surface area contributed by atoms with E-state index in [4.69, 9.17) is 0 Å². The molecule has 0 spiro atoms. The van der Waals surface area contributed by atoms with Crippen LogP contribution in [0.2, 0.25) is 0 Å². The first kappa shape index (κ1) is 12.5. The molecule has 0 amide bonds. The molecular weight excluding hydrogens is 156 g/mol. The van der Waals surface area contributed by atoms with Gasteiger partial charge in [-0.05, 0) is 31.1 Å². The van der Waals surface area contributed by atoms with Gasteiger partial charge in [-0.2, -0.15) is 0 Å². The van der Waals surface area contributed by atoms with E-state index in [1.807, 2.05) is 0 Å². The second-order valence-corrected chi connectivity index (χ2v) is 4.46. The molecule has 0 nitrogen and oxygen atoms in total. The van der Waals surface area contributed by atoms with Crippen molar-refractivity contribution in [2.45, 2.75) is 47.0 Å². The van der Waals surface area contributed by atoms with Crippen LogP contribution in [0, 0.1) is 11.8 Å². The van der Waals surface area contributed by atoms with Crippen LogP contribution in [0.15, 0.2) is 24.3 Å². The van der Waals surface area contributed by atoms with Gasteiger partial charge < -0.3 is 0 Å². The van der Waals surface area contributed by atoms with Gasteiger partial charge in [0.05, 0.1) is 0 Å². The zero-order chi connectivity index (χ0) is 10.4. The lowest BCUT2D eigenvalue weighted by molar-refractivity contribution is 0.414. The van der Waals surface area contributed by atoms with Crippen LogP contribution in [0.25, 0.3) is 0 Å². The second-order valence-electron chi connectivity index (χ2n) is 4.46. The van der Waals surface area contributed by atoms with Crippen LogP contribution in [0.5, 0.6) is 0 Å². The molecule has 0 radical (unpaired) electrons. The minimum atomic E-state index is 0.747. The Morgan fingerprint density at radius 2 is 1.62 bits per heavy atom. The molecule has 0 saturated carbocycles. The molecule has 13 heavy (non-hydrogen) atoms. The van der Waals surface area contributed by atoms with Gasteiger partial charge in [-0.15, -0.1) is 0 Å². The van der Waals surface area contributed by atoms with Crippen molar-refractivity contribution in [3.8, 4) is 0 Å². The zero-order valence-corrected chi connectivity index (χ0v) is 9.69. The number of hydrogen-bond donors (Lipinski definition) is 0. The van der Waals surface area contributed by atoms with E-state index in [2.05, 4.69) is 40.9 Å². The zero-order valence-electron chi connectivity index (χ0n) is 9.69. The van der Waals surface area contributed by atoms with Crippen molar-refractivity contribution in [2.24, 2.45) is 11.8 Å². The van der Waals surface area contributed by atoms with Gasteiger partial charge in [0.15, 0.2) is 0 Å². The molecule has 1 atom stereocenters. The lowest BCUT2D eigenvalue weighted by atomic mass is 9.89. The van der Waals surface area contributed by atoms with E-state index in [1.54, 1.807) is 0 Å². The Bertz CT molecular complexity index is 174. The van der Waals surface area contributed by atoms with Crippen LogP contribution >= 0.6 is 0 Å². The SMILES string of the molecule is C=C(CC)CC(=C)C[C@@H](C)C(C)C. The summed E-state index contributed by atoms with van der Waals surface area (Å²) >= 11 is 0. The first-order valence-electron chi connectivity index (χ1n) is 5.30. The molecule has 0 rings (SSSR count). The van der Waals surface area contributed by atoms with Gasteiger partial charge in [0.25, 0.3) is 0 Å². The van der Waals surface area contributed by atoms with Crippen LogP contribution in [-0.4, -0.2) is 0 Å². The molecule has 0 unspecified atom stereocenters. The van der Waals surface area contributed by atoms with E-state index in [-0.39, 0.29) is 0 Å². The first-order chi connectivity index (χ1) is 5.97. The van der Waals surface area contributed by atoms with E-state index >= 15 is 0 Å². The second kappa shape index (κ2) is 6.01. The normalized spacial score (nSPS) is 13.0. The molecule has 0 saturated heterocycles. The van der Waals surface area contributed by atoms with Crippen molar-refractivity contribution >= 4 is 0 Å². The van der Waals surface area contributed by atoms with Gasteiger partial charge in [0.2, 0.25) is 0 Å². The Morgan fingerprint density at radius 3 is 2.00 bits per heavy atom. The molecule has 76 valence electrons. The maximum absolute atomic E-state index is 4.10. The maximum Gasteiger partial charge on any atom is -0.0114 e. The Labute approximate surface area is 83.7 Å². The van der Waals surface area contributed by atoms with Crippen LogP contribution in [0.1, 0.15) is 47.0 Å². The third-order valence-electron chi connectivity index (χ3n) is 2.75. The van der Waals surface area contributed by atoms with Crippen molar-refractivity contribution < 1.29 is 0 Å². The number of hydrogen-bond acceptors (Lipinski definition) is 0. The van der Waals surface area contributed by atoms with Crippen molar-refractivity contribution in [3.63, 3.8) is 0 Å². The molecule has 0 heteroatoms. The Morgan fingerprint density at radius 1 is 1.08 bits per heavy atom. The molecule has 0 aromatic rings. The average molecular weight is 180 g/mol. The van der Waals surface area contributed by atoms with Gasteiger partial charge in [-0.25, -0.2) is 0 Å². The standard InChI is InChI=1S/C13H24/c1-7-11(4)8-12(5)9-13(6)10(2)3/h10,13H,4-5,7-9H2,1-3,6H3/t13-/m1/s1. The average Bonchev–Trinajstić information content (AvgIpc) is 2.03. The number of rotatable bonds is 6. The summed E-state index contributed by atoms with van der Waals surface area (Å²) in [6, 6.07) is 0. The van der Waals surface area contributed by atoms with Crippen LogP contribution < -0.4 is 0 Å². The predicted molar refractivity (Wildman–Crippen MR) is 61.8 cm³/mol. The molecule has 0 aliphatic heterocycles. The molecule has 0 aromatic heterocycles. The topological polar surface area (TPSA) is 0 Å². The third-order valence-corrected chi connectivity index (χ3v) is 2.75. The minimum absolute atomic E-state index is 0.747. The third kappa shape index (κ3) is 5.68. The molecule has 0 N–H and O–H groups in total. The van der Waals surface area contributed by atoms with Crippen molar-refractivity contribution in [1.82, 2.24) is 0 Å². The molecule has 0 aromatic carbocycles. The first-order valence-corrected chi connectivity index (χ1v) is 5.30. The predicted octanol–water partition coefficient (Wildman–Crippen LogP) is 4.58. The molecule has 0 aliphatic carbocycles. The van der Waals surface area contributed by atoms with Crippen molar-refractivity contribution in [3.05, 3.63) is 24.3 Å². The molecule has 0 heterocycles. The van der Waals surface area contributed by atoms with Gasteiger partial charge in [0.1, 0.15) is 0 Å². The Kier molecular flexibility index (Phi) is 5.77. The fourth-order valence-electron chi connectivity index (χ4n) is 1.24. The van der Waals surface area contributed by atoms with Gasteiger partial charge >= 0.3 is 0 Å². The highest BCUT2D eigenvalue weighted by Crippen LogP contribution is 2.22. The summed E-state index contributed by atoms with van der Waals surface area (Å²) in [5, 5.41) is 0. The van der Waals surface area contributed by atoms with Gasteiger partial charge in [-0.1, -0.05) is 52.0 Å². The Hall–Kier alpha value is -0.520. The summed E-state index contributed by atoms with van der Waals surface area (Å²) in [6.07, 6.45) is 3.25. The summed E-state index contributed by atoms with van der Waals surface area (Å²) in [5.74, 6) is 1.50. The highest BCUT2D eigenvalue weighted by Gasteiger charge is 2.08. The fraction of sp³-hybridized carbons (Fsp3) is 0.692. The van der Waals surface area contributed by atoms with Crippen LogP contribution in [0.4, 0.5) is 0 Å². The molecule has 0 aliphatic rings. The smallest absolute Gasteiger partial charge is 0.0114 e. The van der Waals surface area contributed by atoms with Crippen LogP contribution in [0.3, 0.4) is 0 Å². The van der Waals surface area contributed by atoms with Crippen molar-refractivity contribution in [2.75, 3.05) is 0 Å². The van der Waals surface area contributed by atoms with Gasteiger partial charge in [-0.3, -0.25) is 0 Å². The molecular formula is C13H24. The lowest BCUT2D eigenvalue weighted by Gasteiger charge is -2.17. The summed E-state index contributed by atoms with van der Waals surface area (Å²) in [4.78, 5) is 0. The lowest BCUT2D eigenvalue weighted by Crippen LogP contribution is -2.04. The van der Waals surface area contributed by atoms with Crippen molar-refractivity contribution in [1.29, 1.82) is 0 Å². The summed E-state index contributed by atoms with van der Waals surface area (Å²) in [7, 11) is 0. The highest BCUT2D eigenvalue weighted by molar-refractivity contribution is 5.09. The highest BCUT2D eigenvalue weighted by atomic mass is 14.1. The largest absolute Gasteiger partial charge is 0.0995 e. The monoisotopic (exact) mass is 180 g/mol. The van der Waals surface area contributed by atoms with Gasteiger partial charge in [0, 0.05) is 0 Å². The number of allylic oxidation sites excluding steroid dienone is 2. The Balaban J connectivity index is 3.81. The minimum Gasteiger partial charge on any atom is -0.0995 e. The fourth-order valence-corrected chi connectivity index (χ4v) is 1.24. The quantitative estimate of drug-likeness (QED) is 0.525. The summed E-state index contributed by atoms with van der Waals surface area (Å²) < 4.78 is 0. The summed E-state index contributed by atoms with van der Waals surface area (Å²) in [5.41, 5.74) is 2.65. The van der Waals surface area contributed by atoms with E-state index in [0.29, 0.717) is 0 Å². The van der Waals surface area contributed by atoms with E-state index in [1.165, 1.54) is 11.1 Å².